The number of carbonyl (C=O) groups excluding carboxylic acids is 2. The number of esters is 2. The molecule has 0 bridgehead atoms. The Labute approximate surface area is 173 Å². The van der Waals surface area contributed by atoms with Crippen molar-refractivity contribution in [1.82, 2.24) is 0 Å². The zero-order valence-corrected chi connectivity index (χ0v) is 16.7. The standard InChI is InChI=1S/C12H13NO4.C9H7NO3/c1-15-5-6-17-11-4-3-9(8-13)7-10(11)12(14)16-2;1-13-9(12)7-4-6(5-10)2-3-8(7)11/h3-4,7H,5-6H2,1-2H3;2-4,11H,1H3. The molecule has 2 aromatic rings. The second kappa shape index (κ2) is 12.4. The third kappa shape index (κ3) is 6.82. The van der Waals surface area contributed by atoms with E-state index in [2.05, 4.69) is 9.47 Å². The first kappa shape index (κ1) is 24.0. The van der Waals surface area contributed by atoms with Crippen molar-refractivity contribution in [2.45, 2.75) is 0 Å². The smallest absolute Gasteiger partial charge is 0.341 e. The van der Waals surface area contributed by atoms with Gasteiger partial charge in [0.15, 0.2) is 0 Å². The molecule has 0 aliphatic carbocycles. The van der Waals surface area contributed by atoms with Crippen LogP contribution >= 0.6 is 0 Å². The van der Waals surface area contributed by atoms with Crippen LogP contribution in [0.1, 0.15) is 31.8 Å². The number of rotatable bonds is 6. The molecular formula is C21H20N2O7. The SMILES string of the molecule is COC(=O)c1cc(C#N)ccc1O.COCCOc1ccc(C#N)cc1C(=O)OC. The molecule has 0 atom stereocenters. The molecule has 0 heterocycles. The molecule has 0 spiro atoms. The Morgan fingerprint density at radius 3 is 1.93 bits per heavy atom. The molecule has 0 radical (unpaired) electrons. The van der Waals surface area contributed by atoms with Crippen LogP contribution in [0.5, 0.6) is 11.5 Å². The lowest BCUT2D eigenvalue weighted by Gasteiger charge is -2.09. The van der Waals surface area contributed by atoms with E-state index in [4.69, 9.17) is 20.0 Å². The van der Waals surface area contributed by atoms with E-state index in [1.807, 2.05) is 12.1 Å². The lowest BCUT2D eigenvalue weighted by atomic mass is 10.1. The molecule has 0 fully saturated rings. The normalized spacial score (nSPS) is 9.23. The average molecular weight is 412 g/mol. The summed E-state index contributed by atoms with van der Waals surface area (Å²) >= 11 is 0. The molecule has 9 nitrogen and oxygen atoms in total. The van der Waals surface area contributed by atoms with Gasteiger partial charge in [-0.15, -0.1) is 0 Å². The molecule has 2 rings (SSSR count). The van der Waals surface area contributed by atoms with Crippen LogP contribution in [0, 0.1) is 22.7 Å². The summed E-state index contributed by atoms with van der Waals surface area (Å²) in [5, 5.41) is 26.5. The molecular weight excluding hydrogens is 392 g/mol. The van der Waals surface area contributed by atoms with Crippen LogP contribution in [0.4, 0.5) is 0 Å². The van der Waals surface area contributed by atoms with Crippen LogP contribution in [-0.2, 0) is 14.2 Å². The Morgan fingerprint density at radius 2 is 1.40 bits per heavy atom. The molecule has 156 valence electrons. The molecule has 30 heavy (non-hydrogen) atoms. The second-order valence-corrected chi connectivity index (χ2v) is 5.49. The van der Waals surface area contributed by atoms with Gasteiger partial charge in [0, 0.05) is 7.11 Å². The first-order chi connectivity index (χ1) is 14.4. The zero-order valence-electron chi connectivity index (χ0n) is 16.7. The van der Waals surface area contributed by atoms with Gasteiger partial charge in [0.2, 0.25) is 0 Å². The van der Waals surface area contributed by atoms with Crippen molar-refractivity contribution < 1.29 is 33.6 Å². The number of aromatic hydroxyl groups is 1. The molecule has 0 amide bonds. The molecule has 0 saturated heterocycles. The first-order valence-corrected chi connectivity index (χ1v) is 8.47. The maximum absolute atomic E-state index is 11.5. The van der Waals surface area contributed by atoms with Crippen molar-refractivity contribution >= 4 is 11.9 Å². The Balaban J connectivity index is 0.000000311. The van der Waals surface area contributed by atoms with Crippen LogP contribution in [0.2, 0.25) is 0 Å². The Bertz CT molecular complexity index is 974. The fraction of sp³-hybridized carbons (Fsp3) is 0.238. The monoisotopic (exact) mass is 412 g/mol. The second-order valence-electron chi connectivity index (χ2n) is 5.49. The minimum atomic E-state index is -0.658. The van der Waals surface area contributed by atoms with E-state index in [-0.39, 0.29) is 16.9 Å². The van der Waals surface area contributed by atoms with Gasteiger partial charge in [0.25, 0.3) is 0 Å². The summed E-state index contributed by atoms with van der Waals surface area (Å²) in [4.78, 5) is 22.5. The summed E-state index contributed by atoms with van der Waals surface area (Å²) in [6.07, 6.45) is 0. The van der Waals surface area contributed by atoms with Crippen LogP contribution in [0.15, 0.2) is 36.4 Å². The fourth-order valence-corrected chi connectivity index (χ4v) is 2.11. The van der Waals surface area contributed by atoms with E-state index in [0.717, 1.165) is 0 Å². The minimum Gasteiger partial charge on any atom is -0.507 e. The Kier molecular flexibility index (Phi) is 9.90. The van der Waals surface area contributed by atoms with Crippen molar-refractivity contribution in [3.63, 3.8) is 0 Å². The molecule has 0 aliphatic heterocycles. The summed E-state index contributed by atoms with van der Waals surface area (Å²) in [6.45, 7) is 0.743. The highest BCUT2D eigenvalue weighted by Crippen LogP contribution is 2.21. The third-order valence-corrected chi connectivity index (χ3v) is 3.59. The minimum absolute atomic E-state index is 0.00144. The van der Waals surface area contributed by atoms with Crippen molar-refractivity contribution in [3.8, 4) is 23.6 Å². The van der Waals surface area contributed by atoms with Crippen LogP contribution in [0.25, 0.3) is 0 Å². The highest BCUT2D eigenvalue weighted by atomic mass is 16.5. The number of benzene rings is 2. The first-order valence-electron chi connectivity index (χ1n) is 8.47. The number of nitrogens with zero attached hydrogens (tertiary/aromatic N) is 2. The summed E-state index contributed by atoms with van der Waals surface area (Å²) in [5.74, 6) is -0.997. The summed E-state index contributed by atoms with van der Waals surface area (Å²) in [7, 11) is 4.05. The number of hydrogen-bond donors (Lipinski definition) is 1. The van der Waals surface area contributed by atoms with Crippen molar-refractivity contribution in [3.05, 3.63) is 58.7 Å². The molecule has 9 heteroatoms. The highest BCUT2D eigenvalue weighted by molar-refractivity contribution is 5.93. The number of phenols is 1. The Hall–Kier alpha value is -4.08. The van der Waals surface area contributed by atoms with Crippen LogP contribution in [-0.4, -0.2) is 51.6 Å². The molecule has 0 aliphatic rings. The summed E-state index contributed by atoms with van der Waals surface area (Å²) < 4.78 is 19.2. The number of carbonyl (C=O) groups is 2. The molecule has 0 saturated carbocycles. The molecule has 0 unspecified atom stereocenters. The number of hydrogen-bond acceptors (Lipinski definition) is 9. The summed E-state index contributed by atoms with van der Waals surface area (Å²) in [6, 6.07) is 12.4. The van der Waals surface area contributed by atoms with Crippen LogP contribution in [0.3, 0.4) is 0 Å². The van der Waals surface area contributed by atoms with Gasteiger partial charge in [-0.3, -0.25) is 0 Å². The maximum atomic E-state index is 11.5. The largest absolute Gasteiger partial charge is 0.507 e. The molecule has 2 aromatic carbocycles. The molecule has 1 N–H and O–H groups in total. The van der Waals surface area contributed by atoms with Gasteiger partial charge in [0.05, 0.1) is 44.1 Å². The Morgan fingerprint density at radius 1 is 0.867 bits per heavy atom. The quantitative estimate of drug-likeness (QED) is 0.559. The lowest BCUT2D eigenvalue weighted by molar-refractivity contribution is 0.0586. The van der Waals surface area contributed by atoms with E-state index in [9.17, 15) is 14.7 Å². The summed E-state index contributed by atoms with van der Waals surface area (Å²) in [5.41, 5.74) is 0.923. The van der Waals surface area contributed by atoms with Gasteiger partial charge < -0.3 is 24.1 Å². The zero-order chi connectivity index (χ0) is 22.5. The third-order valence-electron chi connectivity index (χ3n) is 3.59. The average Bonchev–Trinajstić information content (AvgIpc) is 2.79. The number of methoxy groups -OCH3 is 3. The van der Waals surface area contributed by atoms with E-state index in [1.165, 1.54) is 38.5 Å². The number of ether oxygens (including phenoxy) is 4. The van der Waals surface area contributed by atoms with Gasteiger partial charge >= 0.3 is 11.9 Å². The van der Waals surface area contributed by atoms with E-state index in [1.54, 1.807) is 19.2 Å². The number of phenolic OH excluding ortho intramolecular Hbond substituents is 1. The number of nitriles is 2. The van der Waals surface area contributed by atoms with Crippen LogP contribution < -0.4 is 4.74 Å². The van der Waals surface area contributed by atoms with E-state index < -0.39 is 11.9 Å². The predicted octanol–water partition coefficient (Wildman–Crippen LogP) is 2.42. The van der Waals surface area contributed by atoms with Gasteiger partial charge in [-0.25, -0.2) is 9.59 Å². The lowest BCUT2D eigenvalue weighted by Crippen LogP contribution is -2.09. The van der Waals surface area contributed by atoms with E-state index >= 15 is 0 Å². The topological polar surface area (TPSA) is 139 Å². The predicted molar refractivity (Wildman–Crippen MR) is 104 cm³/mol. The van der Waals surface area contributed by atoms with Crippen molar-refractivity contribution in [2.24, 2.45) is 0 Å². The highest BCUT2D eigenvalue weighted by Gasteiger charge is 2.14. The fourth-order valence-electron chi connectivity index (χ4n) is 2.11. The van der Waals surface area contributed by atoms with Gasteiger partial charge in [-0.1, -0.05) is 0 Å². The van der Waals surface area contributed by atoms with Gasteiger partial charge in [0.1, 0.15) is 29.2 Å². The van der Waals surface area contributed by atoms with E-state index in [0.29, 0.717) is 30.1 Å². The van der Waals surface area contributed by atoms with Gasteiger partial charge in [-0.2, -0.15) is 10.5 Å². The van der Waals surface area contributed by atoms with Crippen molar-refractivity contribution in [2.75, 3.05) is 34.5 Å². The maximum Gasteiger partial charge on any atom is 0.341 e. The molecule has 0 aromatic heterocycles. The van der Waals surface area contributed by atoms with Crippen molar-refractivity contribution in [1.29, 1.82) is 10.5 Å². The van der Waals surface area contributed by atoms with Gasteiger partial charge in [-0.05, 0) is 36.4 Å².